The highest BCUT2D eigenvalue weighted by Crippen LogP contribution is 2.23. The first-order valence-corrected chi connectivity index (χ1v) is 9.48. The van der Waals surface area contributed by atoms with Gasteiger partial charge in [-0.05, 0) is 18.4 Å². The van der Waals surface area contributed by atoms with E-state index in [1.54, 1.807) is 23.9 Å². The fraction of sp³-hybridized carbons (Fsp3) is 0.444. The Labute approximate surface area is 157 Å². The van der Waals surface area contributed by atoms with Gasteiger partial charge in [0, 0.05) is 39.5 Å². The lowest BCUT2D eigenvalue weighted by Crippen LogP contribution is -2.45. The molecule has 2 heterocycles. The summed E-state index contributed by atoms with van der Waals surface area (Å²) in [5.74, 6) is -0.132. The molecule has 1 saturated heterocycles. The van der Waals surface area contributed by atoms with Gasteiger partial charge in [0.1, 0.15) is 5.01 Å². The molecule has 1 aromatic carbocycles. The average Bonchev–Trinajstić information content (AvgIpc) is 3.08. The van der Waals surface area contributed by atoms with Crippen molar-refractivity contribution in [2.45, 2.75) is 19.3 Å². The summed E-state index contributed by atoms with van der Waals surface area (Å²) in [6.45, 7) is 1.20. The van der Waals surface area contributed by atoms with Crippen molar-refractivity contribution in [3.8, 4) is 0 Å². The number of nitrogens with one attached hydrogen (secondary N) is 1. The largest absolute Gasteiger partial charge is 0.331 e. The Hall–Kier alpha value is -2.48. The lowest BCUT2D eigenvalue weighted by atomic mass is 9.96. The molecule has 3 amide bonds. The standard InChI is InChI=1S/C18H23N5O2S/c1-22(2)18(25)23-10-8-14(9-11-23)16(24)19-17-21-20-15(26-17)12-13-6-4-3-5-7-13/h3-7,14H,8-12H2,1-2H3,(H,19,21,24). The minimum Gasteiger partial charge on any atom is -0.331 e. The van der Waals surface area contributed by atoms with Crippen molar-refractivity contribution < 1.29 is 9.59 Å². The third-order valence-corrected chi connectivity index (χ3v) is 5.25. The first-order chi connectivity index (χ1) is 12.5. The maximum absolute atomic E-state index is 12.5. The van der Waals surface area contributed by atoms with E-state index in [0.29, 0.717) is 37.5 Å². The number of carbonyl (C=O) groups excluding carboxylic acids is 2. The number of amides is 3. The maximum Gasteiger partial charge on any atom is 0.319 e. The molecule has 138 valence electrons. The molecule has 1 aromatic heterocycles. The fourth-order valence-electron chi connectivity index (χ4n) is 2.97. The first kappa shape index (κ1) is 18.3. The van der Waals surface area contributed by atoms with Gasteiger partial charge in [0.2, 0.25) is 11.0 Å². The minimum absolute atomic E-state index is 0.00136. The predicted molar refractivity (Wildman–Crippen MR) is 101 cm³/mol. The van der Waals surface area contributed by atoms with Crippen LogP contribution in [0.3, 0.4) is 0 Å². The van der Waals surface area contributed by atoms with E-state index in [1.807, 2.05) is 30.3 Å². The third kappa shape index (κ3) is 4.57. The molecule has 0 spiro atoms. The van der Waals surface area contributed by atoms with Crippen molar-refractivity contribution in [3.05, 3.63) is 40.9 Å². The number of likely N-dealkylation sites (tertiary alicyclic amines) is 1. The van der Waals surface area contributed by atoms with Crippen molar-refractivity contribution >= 4 is 28.4 Å². The summed E-state index contributed by atoms with van der Waals surface area (Å²) in [6.07, 6.45) is 2.04. The number of carbonyl (C=O) groups is 2. The van der Waals surface area contributed by atoms with E-state index in [9.17, 15) is 9.59 Å². The van der Waals surface area contributed by atoms with E-state index in [-0.39, 0.29) is 17.9 Å². The number of anilines is 1. The van der Waals surface area contributed by atoms with E-state index in [0.717, 1.165) is 5.01 Å². The first-order valence-electron chi connectivity index (χ1n) is 8.66. The predicted octanol–water partition coefficient (Wildman–Crippen LogP) is 2.46. The lowest BCUT2D eigenvalue weighted by Gasteiger charge is -2.32. The van der Waals surface area contributed by atoms with E-state index in [2.05, 4.69) is 15.5 Å². The zero-order valence-electron chi connectivity index (χ0n) is 15.0. The zero-order valence-corrected chi connectivity index (χ0v) is 15.8. The van der Waals surface area contributed by atoms with Crippen LogP contribution in [-0.4, -0.2) is 59.1 Å². The molecule has 0 aliphatic carbocycles. The van der Waals surface area contributed by atoms with Crippen LogP contribution in [0.1, 0.15) is 23.4 Å². The van der Waals surface area contributed by atoms with Crippen LogP contribution in [0.4, 0.5) is 9.93 Å². The summed E-state index contributed by atoms with van der Waals surface area (Å²) < 4.78 is 0. The molecule has 0 bridgehead atoms. The van der Waals surface area contributed by atoms with Crippen molar-refractivity contribution in [1.82, 2.24) is 20.0 Å². The Morgan fingerprint density at radius 3 is 2.54 bits per heavy atom. The Bertz CT molecular complexity index is 754. The Morgan fingerprint density at radius 1 is 1.19 bits per heavy atom. The van der Waals surface area contributed by atoms with Gasteiger partial charge in [-0.15, -0.1) is 10.2 Å². The van der Waals surface area contributed by atoms with Gasteiger partial charge in [0.25, 0.3) is 0 Å². The van der Waals surface area contributed by atoms with E-state index >= 15 is 0 Å². The highest BCUT2D eigenvalue weighted by molar-refractivity contribution is 7.15. The van der Waals surface area contributed by atoms with Crippen molar-refractivity contribution in [3.63, 3.8) is 0 Å². The quantitative estimate of drug-likeness (QED) is 0.893. The lowest BCUT2D eigenvalue weighted by molar-refractivity contribution is -0.121. The molecule has 0 atom stereocenters. The number of hydrogen-bond donors (Lipinski definition) is 1. The van der Waals surface area contributed by atoms with Gasteiger partial charge in [-0.1, -0.05) is 41.7 Å². The molecule has 0 radical (unpaired) electrons. The van der Waals surface area contributed by atoms with E-state index in [1.165, 1.54) is 16.9 Å². The molecule has 1 fully saturated rings. The van der Waals surface area contributed by atoms with Gasteiger partial charge < -0.3 is 15.1 Å². The molecule has 0 saturated carbocycles. The molecule has 8 heteroatoms. The summed E-state index contributed by atoms with van der Waals surface area (Å²) in [5, 5.41) is 12.5. The van der Waals surface area contributed by atoms with Gasteiger partial charge in [-0.25, -0.2) is 4.79 Å². The zero-order chi connectivity index (χ0) is 18.5. The Kier molecular flexibility index (Phi) is 5.82. The van der Waals surface area contributed by atoms with Crippen molar-refractivity contribution in [1.29, 1.82) is 0 Å². The Morgan fingerprint density at radius 2 is 1.88 bits per heavy atom. The second-order valence-electron chi connectivity index (χ2n) is 6.59. The molecule has 7 nitrogen and oxygen atoms in total. The van der Waals surface area contributed by atoms with Gasteiger partial charge in [0.05, 0.1) is 0 Å². The molecular formula is C18H23N5O2S. The highest BCUT2D eigenvalue weighted by Gasteiger charge is 2.28. The van der Waals surface area contributed by atoms with Crippen molar-refractivity contribution in [2.24, 2.45) is 5.92 Å². The SMILES string of the molecule is CN(C)C(=O)N1CCC(C(=O)Nc2nnc(Cc3ccccc3)s2)CC1. The van der Waals surface area contributed by atoms with E-state index < -0.39 is 0 Å². The number of benzene rings is 1. The highest BCUT2D eigenvalue weighted by atomic mass is 32.1. The number of rotatable bonds is 4. The van der Waals surface area contributed by atoms with Gasteiger partial charge in [-0.3, -0.25) is 4.79 Å². The van der Waals surface area contributed by atoms with Gasteiger partial charge >= 0.3 is 6.03 Å². The summed E-state index contributed by atoms with van der Waals surface area (Å²) in [4.78, 5) is 27.8. The normalized spacial score (nSPS) is 14.9. The maximum atomic E-state index is 12.5. The molecule has 0 unspecified atom stereocenters. The number of aromatic nitrogens is 2. The molecule has 1 aliphatic heterocycles. The van der Waals surface area contributed by atoms with Gasteiger partial charge in [-0.2, -0.15) is 0 Å². The number of piperidine rings is 1. The Balaban J connectivity index is 1.51. The van der Waals surface area contributed by atoms with Crippen LogP contribution < -0.4 is 5.32 Å². The van der Waals surface area contributed by atoms with Crippen LogP contribution in [0.25, 0.3) is 0 Å². The molecule has 2 aromatic rings. The summed E-state index contributed by atoms with van der Waals surface area (Å²) in [5.41, 5.74) is 1.17. The summed E-state index contributed by atoms with van der Waals surface area (Å²) >= 11 is 1.40. The molecule has 3 rings (SSSR count). The number of urea groups is 1. The minimum atomic E-state index is -0.0947. The van der Waals surface area contributed by atoms with Crippen LogP contribution in [0, 0.1) is 5.92 Å². The summed E-state index contributed by atoms with van der Waals surface area (Å²) in [6, 6.07) is 10.1. The number of hydrogen-bond acceptors (Lipinski definition) is 5. The van der Waals surface area contributed by atoms with Crippen molar-refractivity contribution in [2.75, 3.05) is 32.5 Å². The van der Waals surface area contributed by atoms with Crippen LogP contribution in [0.5, 0.6) is 0 Å². The smallest absolute Gasteiger partial charge is 0.319 e. The number of nitrogens with zero attached hydrogens (tertiary/aromatic N) is 4. The second-order valence-corrected chi connectivity index (χ2v) is 7.65. The van der Waals surface area contributed by atoms with Crippen LogP contribution in [-0.2, 0) is 11.2 Å². The van der Waals surface area contributed by atoms with E-state index in [4.69, 9.17) is 0 Å². The monoisotopic (exact) mass is 373 g/mol. The van der Waals surface area contributed by atoms with Gasteiger partial charge in [0.15, 0.2) is 0 Å². The fourth-order valence-corrected chi connectivity index (χ4v) is 3.75. The van der Waals surface area contributed by atoms with Crippen LogP contribution in [0.2, 0.25) is 0 Å². The second kappa shape index (κ2) is 8.27. The molecule has 26 heavy (non-hydrogen) atoms. The van der Waals surface area contributed by atoms with Crippen LogP contribution in [0.15, 0.2) is 30.3 Å². The topological polar surface area (TPSA) is 78.4 Å². The third-order valence-electron chi connectivity index (χ3n) is 4.41. The van der Waals surface area contributed by atoms with Crippen LogP contribution >= 0.6 is 11.3 Å². The average molecular weight is 373 g/mol. The molecular weight excluding hydrogens is 350 g/mol. The molecule has 1 aliphatic rings. The summed E-state index contributed by atoms with van der Waals surface area (Å²) in [7, 11) is 3.48. The molecule has 1 N–H and O–H groups in total.